The van der Waals surface area contributed by atoms with Crippen LogP contribution in [0.4, 0.5) is 0 Å². The highest BCUT2D eigenvalue weighted by Crippen LogP contribution is 2.61. The van der Waals surface area contributed by atoms with Crippen molar-refractivity contribution in [1.29, 1.82) is 0 Å². The normalized spacial score (nSPS) is 18.0. The van der Waals surface area contributed by atoms with E-state index in [0.29, 0.717) is 0 Å². The van der Waals surface area contributed by atoms with E-state index in [-0.39, 0.29) is 0 Å². The Bertz CT molecular complexity index is 427. The number of benzene rings is 1. The predicted molar refractivity (Wildman–Crippen MR) is 101 cm³/mol. The van der Waals surface area contributed by atoms with Crippen molar-refractivity contribution >= 4 is 7.26 Å². The molecule has 2 rings (SSSR count). The Hall–Kier alpha value is -0.550. The number of aryl methyl sites for hydroxylation is 2. The molecule has 1 fully saturated rings. The quantitative estimate of drug-likeness (QED) is 0.553. The fourth-order valence-corrected chi connectivity index (χ4v) is 8.38. The average molecular weight is 321 g/mol. The summed E-state index contributed by atoms with van der Waals surface area (Å²) >= 11 is 0. The molecule has 1 aromatic rings. The van der Waals surface area contributed by atoms with Gasteiger partial charge in [0.15, 0.2) is 0 Å². The van der Waals surface area contributed by atoms with Crippen molar-refractivity contribution < 1.29 is 4.74 Å². The summed E-state index contributed by atoms with van der Waals surface area (Å²) in [5.41, 5.74) is 2.56. The maximum absolute atomic E-state index is 6.24. The van der Waals surface area contributed by atoms with Gasteiger partial charge in [0, 0.05) is 7.26 Å². The number of rotatable bonds is 7. The first kappa shape index (κ1) is 17.8. The lowest BCUT2D eigenvalue weighted by Crippen LogP contribution is -2.16. The van der Waals surface area contributed by atoms with Crippen LogP contribution in [-0.4, -0.2) is 31.3 Å². The molecule has 0 aliphatic carbocycles. The number of para-hydroxylation sites is 1. The van der Waals surface area contributed by atoms with E-state index in [4.69, 9.17) is 4.74 Å². The molecule has 1 nitrogen and oxygen atoms in total. The van der Waals surface area contributed by atoms with Gasteiger partial charge in [-0.1, -0.05) is 31.5 Å². The molecular weight excluding hydrogens is 287 g/mol. The van der Waals surface area contributed by atoms with Crippen molar-refractivity contribution in [3.63, 3.8) is 0 Å². The van der Waals surface area contributed by atoms with Crippen molar-refractivity contribution in [2.45, 2.75) is 59.3 Å². The molecule has 0 bridgehead atoms. The minimum absolute atomic E-state index is 0.742. The van der Waals surface area contributed by atoms with Crippen LogP contribution in [0.5, 0.6) is 5.75 Å². The Kier molecular flexibility index (Phi) is 7.22. The lowest BCUT2D eigenvalue weighted by molar-refractivity contribution is 0.337. The molecule has 1 aliphatic rings. The van der Waals surface area contributed by atoms with Crippen LogP contribution in [0.3, 0.4) is 0 Å². The smallest absolute Gasteiger partial charge is 0.125 e. The fraction of sp³-hybridized carbons (Fsp3) is 0.700. The summed E-state index contributed by atoms with van der Waals surface area (Å²) in [6.45, 7) is 7.59. The van der Waals surface area contributed by atoms with E-state index in [0.717, 1.165) is 12.4 Å². The van der Waals surface area contributed by atoms with Gasteiger partial charge >= 0.3 is 0 Å². The summed E-state index contributed by atoms with van der Waals surface area (Å²) in [5, 5.41) is 0. The highest BCUT2D eigenvalue weighted by atomic mass is 31.2. The van der Waals surface area contributed by atoms with Crippen LogP contribution in [0.25, 0.3) is 0 Å². The maximum Gasteiger partial charge on any atom is 0.125 e. The van der Waals surface area contributed by atoms with Gasteiger partial charge < -0.3 is 4.74 Å². The van der Waals surface area contributed by atoms with E-state index in [1.54, 1.807) is 0 Å². The molecule has 2 heteroatoms. The van der Waals surface area contributed by atoms with Gasteiger partial charge in [-0.15, -0.1) is 0 Å². The number of hydrogen-bond acceptors (Lipinski definition) is 1. The first-order chi connectivity index (χ1) is 10.7. The Morgan fingerprint density at radius 3 is 2.18 bits per heavy atom. The molecule has 1 heterocycles. The average Bonchev–Trinajstić information content (AvgIpc) is 2.74. The van der Waals surface area contributed by atoms with Crippen LogP contribution in [-0.2, 0) is 0 Å². The fourth-order valence-electron chi connectivity index (χ4n) is 3.78. The Labute approximate surface area is 138 Å². The SMILES string of the molecule is CCCC[P+]1(CCOc2c(C)cccc2C)CCCCCC1. The largest absolute Gasteiger partial charge is 0.489 e. The molecular formula is C20H34OP+. The van der Waals surface area contributed by atoms with Crippen molar-refractivity contribution in [3.8, 4) is 5.75 Å². The highest BCUT2D eigenvalue weighted by molar-refractivity contribution is 7.75. The van der Waals surface area contributed by atoms with Crippen LogP contribution in [0.1, 0.15) is 56.6 Å². The molecule has 0 amide bonds. The summed E-state index contributed by atoms with van der Waals surface area (Å²) in [4.78, 5) is 0. The van der Waals surface area contributed by atoms with Crippen LogP contribution in [0.2, 0.25) is 0 Å². The molecule has 1 aliphatic heterocycles. The molecule has 0 radical (unpaired) electrons. The molecule has 124 valence electrons. The summed E-state index contributed by atoms with van der Waals surface area (Å²) in [6, 6.07) is 6.45. The van der Waals surface area contributed by atoms with Crippen molar-refractivity contribution in [2.75, 3.05) is 31.3 Å². The maximum atomic E-state index is 6.24. The predicted octanol–water partition coefficient (Wildman–Crippen LogP) is 6.07. The van der Waals surface area contributed by atoms with Crippen LogP contribution < -0.4 is 4.74 Å². The molecule has 0 atom stereocenters. The third kappa shape index (κ3) is 4.98. The van der Waals surface area contributed by atoms with Gasteiger partial charge in [-0.25, -0.2) is 0 Å². The minimum atomic E-state index is -0.742. The minimum Gasteiger partial charge on any atom is -0.489 e. The van der Waals surface area contributed by atoms with Crippen LogP contribution in [0, 0.1) is 13.8 Å². The third-order valence-corrected chi connectivity index (χ3v) is 10.1. The number of hydrogen-bond donors (Lipinski definition) is 0. The second kappa shape index (κ2) is 8.92. The third-order valence-electron chi connectivity index (χ3n) is 5.22. The van der Waals surface area contributed by atoms with Gasteiger partial charge in [0.2, 0.25) is 0 Å². The molecule has 0 unspecified atom stereocenters. The zero-order valence-corrected chi connectivity index (χ0v) is 15.8. The second-order valence-electron chi connectivity index (χ2n) is 7.07. The van der Waals surface area contributed by atoms with Crippen molar-refractivity contribution in [2.24, 2.45) is 0 Å². The summed E-state index contributed by atoms with van der Waals surface area (Å²) in [7, 11) is -0.742. The van der Waals surface area contributed by atoms with Crippen molar-refractivity contribution in [3.05, 3.63) is 29.3 Å². The first-order valence-electron chi connectivity index (χ1n) is 9.21. The molecule has 1 saturated heterocycles. The van der Waals surface area contributed by atoms with E-state index < -0.39 is 7.26 Å². The second-order valence-corrected chi connectivity index (χ2v) is 11.5. The molecule has 22 heavy (non-hydrogen) atoms. The van der Waals surface area contributed by atoms with E-state index in [1.807, 2.05) is 0 Å². The molecule has 0 saturated carbocycles. The van der Waals surface area contributed by atoms with Gasteiger partial charge in [0.1, 0.15) is 12.4 Å². The van der Waals surface area contributed by atoms with Crippen LogP contribution in [0.15, 0.2) is 18.2 Å². The standard InChI is InChI=1S/C20H34OP/c1-4-5-14-22(15-8-6-7-9-16-22)17-13-21-20-18(2)11-10-12-19(20)3/h10-12H,4-9,13-17H2,1-3H3/q+1. The summed E-state index contributed by atoms with van der Waals surface area (Å²) in [5.74, 6) is 1.13. The summed E-state index contributed by atoms with van der Waals surface area (Å²) in [6.07, 6.45) is 14.6. The summed E-state index contributed by atoms with van der Waals surface area (Å²) < 4.78 is 6.24. The zero-order valence-electron chi connectivity index (χ0n) is 14.9. The van der Waals surface area contributed by atoms with Gasteiger partial charge in [0.25, 0.3) is 0 Å². The monoisotopic (exact) mass is 321 g/mol. The Morgan fingerprint density at radius 2 is 1.59 bits per heavy atom. The zero-order chi connectivity index (χ0) is 15.8. The van der Waals surface area contributed by atoms with Crippen LogP contribution >= 0.6 is 7.26 Å². The molecule has 0 aromatic heterocycles. The van der Waals surface area contributed by atoms with E-state index in [2.05, 4.69) is 39.0 Å². The van der Waals surface area contributed by atoms with Crippen molar-refractivity contribution in [1.82, 2.24) is 0 Å². The van der Waals surface area contributed by atoms with Gasteiger partial charge in [0.05, 0.1) is 24.6 Å². The molecule has 0 spiro atoms. The Balaban J connectivity index is 1.95. The topological polar surface area (TPSA) is 9.23 Å². The lowest BCUT2D eigenvalue weighted by Gasteiger charge is -2.26. The molecule has 0 N–H and O–H groups in total. The van der Waals surface area contributed by atoms with Gasteiger partial charge in [-0.2, -0.15) is 0 Å². The first-order valence-corrected chi connectivity index (χ1v) is 11.7. The number of ether oxygens (including phenoxy) is 1. The van der Waals surface area contributed by atoms with E-state index in [9.17, 15) is 0 Å². The molecule has 1 aromatic carbocycles. The highest BCUT2D eigenvalue weighted by Gasteiger charge is 2.36. The van der Waals surface area contributed by atoms with Gasteiger partial charge in [-0.3, -0.25) is 0 Å². The number of unbranched alkanes of at least 4 members (excludes halogenated alkanes) is 1. The van der Waals surface area contributed by atoms with E-state index >= 15 is 0 Å². The lowest BCUT2D eigenvalue weighted by atomic mass is 10.1. The Morgan fingerprint density at radius 1 is 0.955 bits per heavy atom. The van der Waals surface area contributed by atoms with Gasteiger partial charge in [-0.05, 0) is 57.1 Å². The van der Waals surface area contributed by atoms with E-state index in [1.165, 1.54) is 74.3 Å².